The number of piperidine rings is 1. The minimum atomic E-state index is -0.113. The van der Waals surface area contributed by atoms with Crippen molar-refractivity contribution in [3.8, 4) is 5.75 Å². The predicted molar refractivity (Wildman–Crippen MR) is 106 cm³/mol. The molecule has 2 aromatic rings. The quantitative estimate of drug-likeness (QED) is 0.851. The monoisotopic (exact) mass is 366 g/mol. The fourth-order valence-corrected chi connectivity index (χ4v) is 3.39. The molecule has 1 saturated heterocycles. The van der Waals surface area contributed by atoms with Crippen LogP contribution >= 0.6 is 0 Å². The summed E-state index contributed by atoms with van der Waals surface area (Å²) in [6, 6.07) is 13.3. The molecule has 0 aliphatic carbocycles. The van der Waals surface area contributed by atoms with Crippen LogP contribution in [-0.4, -0.2) is 32.0 Å². The van der Waals surface area contributed by atoms with Crippen LogP contribution in [0.25, 0.3) is 0 Å². The molecule has 142 valence electrons. The second kappa shape index (κ2) is 8.71. The topological polar surface area (TPSA) is 58.6 Å². The number of rotatable bonds is 6. The molecular formula is C22H26N2O3. The molecule has 2 amide bonds. The Morgan fingerprint density at radius 1 is 1.15 bits per heavy atom. The van der Waals surface area contributed by atoms with E-state index < -0.39 is 0 Å². The highest BCUT2D eigenvalue weighted by Gasteiger charge is 2.19. The summed E-state index contributed by atoms with van der Waals surface area (Å²) >= 11 is 0. The Morgan fingerprint density at radius 3 is 2.63 bits per heavy atom. The number of amides is 2. The zero-order valence-corrected chi connectivity index (χ0v) is 16.0. The van der Waals surface area contributed by atoms with Crippen molar-refractivity contribution in [3.05, 3.63) is 59.2 Å². The highest BCUT2D eigenvalue weighted by molar-refractivity contribution is 5.96. The molecule has 0 saturated carbocycles. The zero-order valence-electron chi connectivity index (χ0n) is 16.0. The average Bonchev–Trinajstić information content (AvgIpc) is 2.68. The molecule has 0 atom stereocenters. The summed E-state index contributed by atoms with van der Waals surface area (Å²) in [5.74, 6) is 0.883. The van der Waals surface area contributed by atoms with Gasteiger partial charge in [0.2, 0.25) is 5.91 Å². The second-order valence-electron chi connectivity index (χ2n) is 6.87. The highest BCUT2D eigenvalue weighted by Crippen LogP contribution is 2.22. The summed E-state index contributed by atoms with van der Waals surface area (Å²) < 4.78 is 5.38. The molecule has 0 unspecified atom stereocenters. The van der Waals surface area contributed by atoms with E-state index in [1.807, 2.05) is 31.2 Å². The number of methoxy groups -OCH3 is 1. The van der Waals surface area contributed by atoms with Crippen molar-refractivity contribution < 1.29 is 14.3 Å². The maximum atomic E-state index is 12.4. The van der Waals surface area contributed by atoms with E-state index in [4.69, 9.17) is 4.74 Å². The predicted octanol–water partition coefficient (Wildman–Crippen LogP) is 3.49. The van der Waals surface area contributed by atoms with Crippen molar-refractivity contribution >= 4 is 17.5 Å². The number of nitrogens with zero attached hydrogens (tertiary/aromatic N) is 1. The Bertz CT molecular complexity index is 815. The number of ether oxygens (including phenoxy) is 1. The summed E-state index contributed by atoms with van der Waals surface area (Å²) in [5.41, 5.74) is 3.71. The zero-order chi connectivity index (χ0) is 19.2. The first-order chi connectivity index (χ1) is 13.1. The van der Waals surface area contributed by atoms with Crippen LogP contribution in [0.15, 0.2) is 42.5 Å². The van der Waals surface area contributed by atoms with Crippen molar-refractivity contribution in [3.63, 3.8) is 0 Å². The number of aryl methyl sites for hydroxylation is 1. The van der Waals surface area contributed by atoms with E-state index in [0.29, 0.717) is 24.9 Å². The Balaban J connectivity index is 1.57. The molecule has 2 aromatic carbocycles. The van der Waals surface area contributed by atoms with E-state index in [9.17, 15) is 9.59 Å². The lowest BCUT2D eigenvalue weighted by molar-refractivity contribution is -0.119. The van der Waals surface area contributed by atoms with Gasteiger partial charge >= 0.3 is 0 Å². The van der Waals surface area contributed by atoms with Crippen molar-refractivity contribution in [1.29, 1.82) is 0 Å². The van der Waals surface area contributed by atoms with Gasteiger partial charge in [0.1, 0.15) is 5.75 Å². The molecule has 0 bridgehead atoms. The second-order valence-corrected chi connectivity index (χ2v) is 6.87. The molecule has 1 aliphatic heterocycles. The summed E-state index contributed by atoms with van der Waals surface area (Å²) in [6.07, 6.45) is 3.29. The molecule has 0 spiro atoms. The van der Waals surface area contributed by atoms with Crippen LogP contribution in [0.1, 0.15) is 40.7 Å². The fourth-order valence-electron chi connectivity index (χ4n) is 3.39. The largest absolute Gasteiger partial charge is 0.496 e. The average molecular weight is 366 g/mol. The standard InChI is InChI=1S/C22H26N2O3/c1-16-6-11-20(27-2)18(15-16)12-13-23-22(26)17-7-9-19(10-8-17)24-14-4-3-5-21(24)25/h6-11,15H,3-5,12-14H2,1-2H3,(H,23,26). The van der Waals surface area contributed by atoms with E-state index in [1.165, 1.54) is 5.56 Å². The van der Waals surface area contributed by atoms with Crippen LogP contribution < -0.4 is 15.0 Å². The Hall–Kier alpha value is -2.82. The lowest BCUT2D eigenvalue weighted by Gasteiger charge is -2.26. The van der Waals surface area contributed by atoms with Crippen LogP contribution in [-0.2, 0) is 11.2 Å². The van der Waals surface area contributed by atoms with Gasteiger partial charge in [0.25, 0.3) is 5.91 Å². The smallest absolute Gasteiger partial charge is 0.251 e. The third kappa shape index (κ3) is 4.67. The van der Waals surface area contributed by atoms with E-state index in [1.54, 1.807) is 24.1 Å². The van der Waals surface area contributed by atoms with Crippen LogP contribution in [0.3, 0.4) is 0 Å². The normalized spacial score (nSPS) is 14.1. The third-order valence-corrected chi connectivity index (χ3v) is 4.88. The van der Waals surface area contributed by atoms with Gasteiger partial charge in [0.15, 0.2) is 0 Å². The number of hydrogen-bond acceptors (Lipinski definition) is 3. The summed E-state index contributed by atoms with van der Waals surface area (Å²) in [6.45, 7) is 3.32. The van der Waals surface area contributed by atoms with Crippen LogP contribution in [0.5, 0.6) is 5.75 Å². The summed E-state index contributed by atoms with van der Waals surface area (Å²) in [7, 11) is 1.65. The molecule has 0 aromatic heterocycles. The first kappa shape index (κ1) is 19.0. The van der Waals surface area contributed by atoms with Gasteiger partial charge in [-0.2, -0.15) is 0 Å². The van der Waals surface area contributed by atoms with Crippen molar-refractivity contribution in [1.82, 2.24) is 5.32 Å². The maximum Gasteiger partial charge on any atom is 0.251 e. The number of hydrogen-bond donors (Lipinski definition) is 1. The van der Waals surface area contributed by atoms with E-state index >= 15 is 0 Å². The molecule has 3 rings (SSSR count). The van der Waals surface area contributed by atoms with Gasteiger partial charge in [0.05, 0.1) is 7.11 Å². The maximum absolute atomic E-state index is 12.4. The van der Waals surface area contributed by atoms with Gasteiger partial charge in [-0.25, -0.2) is 0 Å². The summed E-state index contributed by atoms with van der Waals surface area (Å²) in [4.78, 5) is 26.2. The fraction of sp³-hybridized carbons (Fsp3) is 0.364. The molecule has 27 heavy (non-hydrogen) atoms. The van der Waals surface area contributed by atoms with Crippen molar-refractivity contribution in [2.24, 2.45) is 0 Å². The lowest BCUT2D eigenvalue weighted by atomic mass is 10.1. The molecule has 5 nitrogen and oxygen atoms in total. The number of nitrogens with one attached hydrogen (secondary N) is 1. The van der Waals surface area contributed by atoms with Crippen LogP contribution in [0.2, 0.25) is 0 Å². The van der Waals surface area contributed by atoms with Crippen LogP contribution in [0.4, 0.5) is 5.69 Å². The van der Waals surface area contributed by atoms with Gasteiger partial charge in [-0.1, -0.05) is 17.7 Å². The number of carbonyl (C=O) groups is 2. The Labute approximate surface area is 160 Å². The minimum absolute atomic E-state index is 0.113. The van der Waals surface area contributed by atoms with E-state index in [0.717, 1.165) is 36.4 Å². The van der Waals surface area contributed by atoms with Crippen molar-refractivity contribution in [2.45, 2.75) is 32.6 Å². The third-order valence-electron chi connectivity index (χ3n) is 4.88. The number of benzene rings is 2. The SMILES string of the molecule is COc1ccc(C)cc1CCNC(=O)c1ccc(N2CCCCC2=O)cc1. The highest BCUT2D eigenvalue weighted by atomic mass is 16.5. The van der Waals surface area contributed by atoms with Gasteiger partial charge in [-0.05, 0) is 62.1 Å². The summed E-state index contributed by atoms with van der Waals surface area (Å²) in [5, 5.41) is 2.95. The van der Waals surface area contributed by atoms with E-state index in [-0.39, 0.29) is 11.8 Å². The Morgan fingerprint density at radius 2 is 1.93 bits per heavy atom. The molecule has 5 heteroatoms. The molecule has 1 fully saturated rings. The molecular weight excluding hydrogens is 340 g/mol. The first-order valence-corrected chi connectivity index (χ1v) is 9.40. The van der Waals surface area contributed by atoms with Gasteiger partial charge in [-0.3, -0.25) is 9.59 Å². The molecule has 1 aliphatic rings. The number of carbonyl (C=O) groups excluding carboxylic acids is 2. The van der Waals surface area contributed by atoms with Gasteiger partial charge in [0, 0.05) is 30.8 Å². The Kier molecular flexibility index (Phi) is 6.12. The molecule has 0 radical (unpaired) electrons. The van der Waals surface area contributed by atoms with E-state index in [2.05, 4.69) is 11.4 Å². The molecule has 1 N–H and O–H groups in total. The number of anilines is 1. The van der Waals surface area contributed by atoms with Gasteiger partial charge < -0.3 is 15.0 Å². The molecule has 1 heterocycles. The lowest BCUT2D eigenvalue weighted by Crippen LogP contribution is -2.35. The minimum Gasteiger partial charge on any atom is -0.496 e. The van der Waals surface area contributed by atoms with Crippen LogP contribution in [0, 0.1) is 6.92 Å². The van der Waals surface area contributed by atoms with Crippen molar-refractivity contribution in [2.75, 3.05) is 25.1 Å². The first-order valence-electron chi connectivity index (χ1n) is 9.40. The van der Waals surface area contributed by atoms with Gasteiger partial charge in [-0.15, -0.1) is 0 Å².